The van der Waals surface area contributed by atoms with Gasteiger partial charge in [-0.3, -0.25) is 9.59 Å². The highest BCUT2D eigenvalue weighted by molar-refractivity contribution is 7.14. The average Bonchev–Trinajstić information content (AvgIpc) is 3.42. The van der Waals surface area contributed by atoms with Gasteiger partial charge in [0.25, 0.3) is 0 Å². The van der Waals surface area contributed by atoms with E-state index in [2.05, 4.69) is 41.5 Å². The van der Waals surface area contributed by atoms with Gasteiger partial charge in [0.2, 0.25) is 5.91 Å². The summed E-state index contributed by atoms with van der Waals surface area (Å²) in [5.74, 6) is -1.65. The number of benzene rings is 1. The molecule has 1 amide bonds. The molecule has 4 rings (SSSR count). The summed E-state index contributed by atoms with van der Waals surface area (Å²) >= 11 is 1.39. The third kappa shape index (κ3) is 3.70. The molecule has 2 fully saturated rings. The quantitative estimate of drug-likeness (QED) is 0.699. The Morgan fingerprint density at radius 3 is 2.57 bits per heavy atom. The highest BCUT2D eigenvalue weighted by Gasteiger charge is 2.54. The Morgan fingerprint density at radius 2 is 1.89 bits per heavy atom. The van der Waals surface area contributed by atoms with Crippen molar-refractivity contribution < 1.29 is 14.7 Å². The summed E-state index contributed by atoms with van der Waals surface area (Å²) in [6, 6.07) is 8.41. The van der Waals surface area contributed by atoms with E-state index in [0.29, 0.717) is 5.13 Å². The molecule has 0 radical (unpaired) electrons. The molecular weight excluding hydrogens is 372 g/mol. The molecule has 5 nitrogen and oxygen atoms in total. The highest BCUT2D eigenvalue weighted by atomic mass is 32.1. The van der Waals surface area contributed by atoms with E-state index in [0.717, 1.165) is 36.9 Å². The van der Waals surface area contributed by atoms with Crippen LogP contribution < -0.4 is 5.32 Å². The lowest BCUT2D eigenvalue weighted by atomic mass is 9.79. The summed E-state index contributed by atoms with van der Waals surface area (Å²) in [6.45, 7) is 2.19. The molecule has 1 aromatic heterocycles. The maximum atomic E-state index is 12.8. The molecule has 1 aromatic carbocycles. The van der Waals surface area contributed by atoms with Gasteiger partial charge in [0, 0.05) is 10.9 Å². The number of hydrogen-bond acceptors (Lipinski definition) is 4. The van der Waals surface area contributed by atoms with Crippen LogP contribution in [0.15, 0.2) is 29.6 Å². The molecule has 4 atom stereocenters. The summed E-state index contributed by atoms with van der Waals surface area (Å²) in [5.41, 5.74) is 3.19. The molecule has 28 heavy (non-hydrogen) atoms. The van der Waals surface area contributed by atoms with Gasteiger partial charge < -0.3 is 10.4 Å². The van der Waals surface area contributed by atoms with Crippen LogP contribution in [0.25, 0.3) is 11.3 Å². The zero-order valence-electron chi connectivity index (χ0n) is 16.1. The minimum Gasteiger partial charge on any atom is -0.481 e. The molecule has 2 aliphatic carbocycles. The number of fused-ring (bicyclic) bond motifs is 2. The van der Waals surface area contributed by atoms with Crippen LogP contribution in [0, 0.1) is 23.7 Å². The van der Waals surface area contributed by atoms with Gasteiger partial charge in [-0.15, -0.1) is 11.3 Å². The zero-order chi connectivity index (χ0) is 19.7. The minimum absolute atomic E-state index is 0.149. The molecule has 2 aromatic rings. The van der Waals surface area contributed by atoms with E-state index in [1.54, 1.807) is 0 Å². The molecule has 2 N–H and O–H groups in total. The lowest BCUT2D eigenvalue weighted by molar-refractivity contribution is -0.148. The number of anilines is 1. The topological polar surface area (TPSA) is 79.3 Å². The third-order valence-corrected chi connectivity index (χ3v) is 7.07. The Bertz CT molecular complexity index is 861. The van der Waals surface area contributed by atoms with Gasteiger partial charge in [0.15, 0.2) is 5.13 Å². The van der Waals surface area contributed by atoms with Gasteiger partial charge in [0.1, 0.15) is 0 Å². The molecular formula is C22H26N2O3S. The maximum Gasteiger partial charge on any atom is 0.307 e. The maximum absolute atomic E-state index is 12.8. The van der Waals surface area contributed by atoms with Gasteiger partial charge in [-0.1, -0.05) is 37.6 Å². The van der Waals surface area contributed by atoms with E-state index in [1.807, 2.05) is 5.38 Å². The van der Waals surface area contributed by atoms with Crippen molar-refractivity contribution in [1.29, 1.82) is 0 Å². The highest BCUT2D eigenvalue weighted by Crippen LogP contribution is 2.52. The van der Waals surface area contributed by atoms with Crippen LogP contribution in [0.5, 0.6) is 0 Å². The number of carbonyl (C=O) groups excluding carboxylic acids is 1. The van der Waals surface area contributed by atoms with E-state index in [4.69, 9.17) is 0 Å². The lowest BCUT2D eigenvalue weighted by Crippen LogP contribution is -2.37. The first-order valence-electron chi connectivity index (χ1n) is 10.1. The van der Waals surface area contributed by atoms with Gasteiger partial charge in [-0.2, -0.15) is 0 Å². The van der Waals surface area contributed by atoms with Crippen molar-refractivity contribution in [1.82, 2.24) is 4.98 Å². The predicted molar refractivity (Wildman–Crippen MR) is 110 cm³/mol. The molecule has 4 unspecified atom stereocenters. The van der Waals surface area contributed by atoms with Crippen LogP contribution in [0.3, 0.4) is 0 Å². The summed E-state index contributed by atoms with van der Waals surface area (Å²) < 4.78 is 0. The second kappa shape index (κ2) is 8.03. The number of carbonyl (C=O) groups is 2. The van der Waals surface area contributed by atoms with E-state index in [-0.39, 0.29) is 17.7 Å². The van der Waals surface area contributed by atoms with Crippen molar-refractivity contribution in [3.63, 3.8) is 0 Å². The number of carboxylic acid groups (broad SMARTS) is 1. The largest absolute Gasteiger partial charge is 0.481 e. The molecule has 148 valence electrons. The van der Waals surface area contributed by atoms with E-state index in [1.165, 1.54) is 29.7 Å². The third-order valence-electron chi connectivity index (χ3n) is 6.31. The summed E-state index contributed by atoms with van der Waals surface area (Å²) in [5, 5.41) is 14.9. The van der Waals surface area contributed by atoms with Crippen LogP contribution in [0.1, 0.15) is 44.6 Å². The van der Waals surface area contributed by atoms with Gasteiger partial charge in [-0.05, 0) is 49.5 Å². The van der Waals surface area contributed by atoms with E-state index in [9.17, 15) is 14.7 Å². The second-order valence-electron chi connectivity index (χ2n) is 8.05. The van der Waals surface area contributed by atoms with Crippen LogP contribution in [0.4, 0.5) is 5.13 Å². The summed E-state index contributed by atoms with van der Waals surface area (Å²) in [6.07, 6.45) is 6.21. The van der Waals surface area contributed by atoms with Crippen molar-refractivity contribution in [2.75, 3.05) is 5.32 Å². The Kier molecular flexibility index (Phi) is 5.49. The van der Waals surface area contributed by atoms with Crippen molar-refractivity contribution in [3.8, 4) is 11.3 Å². The van der Waals surface area contributed by atoms with Crippen molar-refractivity contribution in [2.45, 2.75) is 45.4 Å². The number of aryl methyl sites for hydroxylation is 1. The Morgan fingerprint density at radius 1 is 1.18 bits per heavy atom. The number of thiazole rings is 1. The zero-order valence-corrected chi connectivity index (χ0v) is 16.9. The summed E-state index contributed by atoms with van der Waals surface area (Å²) in [7, 11) is 0. The van der Waals surface area contributed by atoms with Crippen molar-refractivity contribution in [2.24, 2.45) is 23.7 Å². The fraction of sp³-hybridized carbons (Fsp3) is 0.500. The molecule has 0 spiro atoms. The average molecular weight is 399 g/mol. The number of unbranched alkanes of at least 4 members (excludes halogenated alkanes) is 1. The summed E-state index contributed by atoms with van der Waals surface area (Å²) in [4.78, 5) is 29.0. The number of nitrogens with one attached hydrogen (secondary N) is 1. The van der Waals surface area contributed by atoms with Crippen LogP contribution in [-0.2, 0) is 16.0 Å². The van der Waals surface area contributed by atoms with Gasteiger partial charge >= 0.3 is 5.97 Å². The number of aliphatic carboxylic acids is 1. The predicted octanol–water partition coefficient (Wildman–Crippen LogP) is 4.84. The van der Waals surface area contributed by atoms with Crippen LogP contribution in [0.2, 0.25) is 0 Å². The fourth-order valence-electron chi connectivity index (χ4n) is 4.90. The fourth-order valence-corrected chi connectivity index (χ4v) is 5.62. The number of carboxylic acids is 1. The first kappa shape index (κ1) is 19.1. The number of aromatic nitrogens is 1. The van der Waals surface area contributed by atoms with Crippen molar-refractivity contribution >= 4 is 28.3 Å². The standard InChI is InChI=1S/C22H26N2O3S/c1-2-3-4-13-5-7-14(8-6-13)17-12-28-22(23-17)24-20(25)18-15-9-10-16(11-15)19(18)21(26)27/h5-8,12,15-16,18-19H,2-4,9-11H2,1H3,(H,26,27)(H,23,24,25). The number of nitrogens with zero attached hydrogens (tertiary/aromatic N) is 1. The van der Waals surface area contributed by atoms with E-state index < -0.39 is 17.8 Å². The molecule has 2 aliphatic rings. The molecule has 0 aliphatic heterocycles. The monoisotopic (exact) mass is 398 g/mol. The first-order valence-corrected chi connectivity index (χ1v) is 11.0. The molecule has 2 bridgehead atoms. The van der Waals surface area contributed by atoms with Crippen LogP contribution >= 0.6 is 11.3 Å². The second-order valence-corrected chi connectivity index (χ2v) is 8.91. The Balaban J connectivity index is 1.43. The number of rotatable bonds is 7. The molecule has 6 heteroatoms. The smallest absolute Gasteiger partial charge is 0.307 e. The first-order chi connectivity index (χ1) is 13.6. The van der Waals surface area contributed by atoms with Gasteiger partial charge in [-0.25, -0.2) is 4.98 Å². The normalized spacial score (nSPS) is 25.8. The Labute approximate surface area is 169 Å². The van der Waals surface area contributed by atoms with Crippen molar-refractivity contribution in [3.05, 3.63) is 35.2 Å². The molecule has 2 saturated carbocycles. The number of amides is 1. The Hall–Kier alpha value is -2.21. The van der Waals surface area contributed by atoms with E-state index >= 15 is 0 Å². The number of hydrogen-bond donors (Lipinski definition) is 2. The molecule has 1 heterocycles. The molecule has 0 saturated heterocycles. The SMILES string of the molecule is CCCCc1ccc(-c2csc(NC(=O)C3C4CCC(C4)C3C(=O)O)n2)cc1. The minimum atomic E-state index is -0.838. The van der Waals surface area contributed by atoms with Crippen LogP contribution in [-0.4, -0.2) is 22.0 Å². The lowest BCUT2D eigenvalue weighted by Gasteiger charge is -2.26. The van der Waals surface area contributed by atoms with Gasteiger partial charge in [0.05, 0.1) is 17.5 Å².